The molecule has 0 aliphatic carbocycles. The summed E-state index contributed by atoms with van der Waals surface area (Å²) in [6, 6.07) is 2.76. The first-order valence-corrected chi connectivity index (χ1v) is 5.66. The number of nitrogens with one attached hydrogen (secondary N) is 1. The molecule has 2 nitrogen and oxygen atoms in total. The molecule has 0 radical (unpaired) electrons. The molecule has 0 amide bonds. The Morgan fingerprint density at radius 3 is 2.88 bits per heavy atom. The maximum Gasteiger partial charge on any atom is 0.166 e. The summed E-state index contributed by atoms with van der Waals surface area (Å²) in [6.45, 7) is 4.10. The highest BCUT2D eigenvalue weighted by Gasteiger charge is 2.14. The molecule has 0 heterocycles. The molecule has 86 valence electrons. The minimum atomic E-state index is -0.625. The number of hydrogen-bond donors (Lipinski definition) is 2. The lowest BCUT2D eigenvalue weighted by molar-refractivity contribution is 0.416. The third-order valence-corrected chi connectivity index (χ3v) is 2.66. The minimum absolute atomic E-state index is 0.159. The van der Waals surface area contributed by atoms with Crippen LogP contribution in [0.2, 0.25) is 0 Å². The second-order valence-corrected chi connectivity index (χ2v) is 4.27. The van der Waals surface area contributed by atoms with E-state index in [-0.39, 0.29) is 11.8 Å². The Hall–Kier alpha value is -1.05. The van der Waals surface area contributed by atoms with E-state index in [4.69, 9.17) is 0 Å². The SMILES string of the molecule is CC#CCNC(C)c1cc(Br)cc(F)c1O. The minimum Gasteiger partial charge on any atom is -0.505 e. The third-order valence-electron chi connectivity index (χ3n) is 2.20. The van der Waals surface area contributed by atoms with Gasteiger partial charge in [-0.3, -0.25) is 5.32 Å². The maximum atomic E-state index is 13.3. The van der Waals surface area contributed by atoms with Gasteiger partial charge in [0.05, 0.1) is 6.54 Å². The van der Waals surface area contributed by atoms with Crippen molar-refractivity contribution in [3.63, 3.8) is 0 Å². The summed E-state index contributed by atoms with van der Waals surface area (Å²) in [5.41, 5.74) is 0.518. The Balaban J connectivity index is 2.88. The number of hydrogen-bond acceptors (Lipinski definition) is 2. The molecule has 0 spiro atoms. The van der Waals surface area contributed by atoms with Crippen molar-refractivity contribution in [3.05, 3.63) is 28.0 Å². The van der Waals surface area contributed by atoms with E-state index in [9.17, 15) is 9.50 Å². The summed E-state index contributed by atoms with van der Waals surface area (Å²) in [7, 11) is 0. The van der Waals surface area contributed by atoms with Crippen LogP contribution >= 0.6 is 15.9 Å². The molecule has 0 bridgehead atoms. The summed E-state index contributed by atoms with van der Waals surface area (Å²) in [4.78, 5) is 0. The van der Waals surface area contributed by atoms with Gasteiger partial charge in [0.15, 0.2) is 11.6 Å². The van der Waals surface area contributed by atoms with Gasteiger partial charge in [-0.25, -0.2) is 4.39 Å². The van der Waals surface area contributed by atoms with Crippen molar-refractivity contribution in [1.82, 2.24) is 5.32 Å². The zero-order chi connectivity index (χ0) is 12.1. The van der Waals surface area contributed by atoms with E-state index < -0.39 is 5.82 Å². The van der Waals surface area contributed by atoms with Crippen LogP contribution in [0.3, 0.4) is 0 Å². The molecule has 1 atom stereocenters. The molecule has 1 unspecified atom stereocenters. The lowest BCUT2D eigenvalue weighted by Crippen LogP contribution is -2.19. The third kappa shape index (κ3) is 3.22. The molecule has 16 heavy (non-hydrogen) atoms. The maximum absolute atomic E-state index is 13.3. The van der Waals surface area contributed by atoms with Gasteiger partial charge in [0.1, 0.15) is 0 Å². The van der Waals surface area contributed by atoms with Crippen LogP contribution in [0.15, 0.2) is 16.6 Å². The van der Waals surface area contributed by atoms with Crippen LogP contribution in [-0.4, -0.2) is 11.7 Å². The van der Waals surface area contributed by atoms with E-state index in [1.54, 1.807) is 13.0 Å². The molecule has 1 rings (SSSR count). The Morgan fingerprint density at radius 2 is 2.25 bits per heavy atom. The van der Waals surface area contributed by atoms with E-state index in [2.05, 4.69) is 33.1 Å². The molecule has 1 aromatic carbocycles. The monoisotopic (exact) mass is 285 g/mol. The van der Waals surface area contributed by atoms with Crippen molar-refractivity contribution in [2.45, 2.75) is 19.9 Å². The van der Waals surface area contributed by atoms with Gasteiger partial charge >= 0.3 is 0 Å². The summed E-state index contributed by atoms with van der Waals surface area (Å²) >= 11 is 3.19. The van der Waals surface area contributed by atoms with E-state index in [0.29, 0.717) is 16.6 Å². The summed E-state index contributed by atoms with van der Waals surface area (Å²) in [5.74, 6) is 4.67. The lowest BCUT2D eigenvalue weighted by atomic mass is 10.1. The summed E-state index contributed by atoms with van der Waals surface area (Å²) in [6.07, 6.45) is 0. The summed E-state index contributed by atoms with van der Waals surface area (Å²) in [5, 5.41) is 12.7. The van der Waals surface area contributed by atoms with Crippen molar-refractivity contribution >= 4 is 15.9 Å². The second kappa shape index (κ2) is 5.88. The predicted molar refractivity (Wildman–Crippen MR) is 65.6 cm³/mol. The molecule has 0 aliphatic rings. The average Bonchev–Trinajstić information content (AvgIpc) is 2.23. The highest BCUT2D eigenvalue weighted by molar-refractivity contribution is 9.10. The van der Waals surface area contributed by atoms with Crippen molar-refractivity contribution in [3.8, 4) is 17.6 Å². The fourth-order valence-electron chi connectivity index (χ4n) is 1.32. The molecular formula is C12H13BrFNO. The van der Waals surface area contributed by atoms with Gasteiger partial charge in [-0.15, -0.1) is 5.92 Å². The van der Waals surface area contributed by atoms with Crippen molar-refractivity contribution in [2.75, 3.05) is 6.54 Å². The Labute approximate surface area is 103 Å². The molecule has 2 N–H and O–H groups in total. The first-order valence-electron chi connectivity index (χ1n) is 4.87. The lowest BCUT2D eigenvalue weighted by Gasteiger charge is -2.14. The van der Waals surface area contributed by atoms with Gasteiger partial charge in [-0.1, -0.05) is 21.9 Å². The molecule has 4 heteroatoms. The molecule has 1 aromatic rings. The zero-order valence-electron chi connectivity index (χ0n) is 9.14. The van der Waals surface area contributed by atoms with Crippen molar-refractivity contribution in [1.29, 1.82) is 0 Å². The topological polar surface area (TPSA) is 32.3 Å². The first-order chi connectivity index (χ1) is 7.56. The van der Waals surface area contributed by atoms with Gasteiger partial charge in [0, 0.05) is 16.1 Å². The number of halogens is 2. The number of rotatable bonds is 3. The van der Waals surface area contributed by atoms with Gasteiger partial charge in [0.25, 0.3) is 0 Å². The van der Waals surface area contributed by atoms with Gasteiger partial charge in [-0.2, -0.15) is 0 Å². The molecule has 0 saturated carbocycles. The largest absolute Gasteiger partial charge is 0.505 e. The van der Waals surface area contributed by atoms with Crippen molar-refractivity contribution < 1.29 is 9.50 Å². The van der Waals surface area contributed by atoms with E-state index in [0.717, 1.165) is 0 Å². The Kier molecular flexibility index (Phi) is 4.78. The molecule has 0 aliphatic heterocycles. The Morgan fingerprint density at radius 1 is 1.56 bits per heavy atom. The van der Waals surface area contributed by atoms with E-state index >= 15 is 0 Å². The van der Waals surface area contributed by atoms with Crippen molar-refractivity contribution in [2.24, 2.45) is 0 Å². The molecular weight excluding hydrogens is 273 g/mol. The number of benzene rings is 1. The van der Waals surface area contributed by atoms with Gasteiger partial charge in [0.2, 0.25) is 0 Å². The normalized spacial score (nSPS) is 11.8. The number of phenolic OH excluding ortho intramolecular Hbond substituents is 1. The van der Waals surface area contributed by atoms with Gasteiger partial charge < -0.3 is 5.11 Å². The number of phenols is 1. The van der Waals surface area contributed by atoms with Crippen LogP contribution in [0, 0.1) is 17.7 Å². The molecule has 0 fully saturated rings. The quantitative estimate of drug-likeness (QED) is 0.837. The van der Waals surface area contributed by atoms with Crippen LogP contribution in [0.5, 0.6) is 5.75 Å². The van der Waals surface area contributed by atoms with Crippen LogP contribution in [0.25, 0.3) is 0 Å². The van der Waals surface area contributed by atoms with E-state index in [1.807, 2.05) is 6.92 Å². The van der Waals surface area contributed by atoms with E-state index in [1.165, 1.54) is 6.07 Å². The summed E-state index contributed by atoms with van der Waals surface area (Å²) < 4.78 is 13.9. The fraction of sp³-hybridized carbons (Fsp3) is 0.333. The predicted octanol–water partition coefficient (Wildman–Crippen LogP) is 2.97. The van der Waals surface area contributed by atoms with Crippen LogP contribution in [0.1, 0.15) is 25.5 Å². The van der Waals surface area contributed by atoms with Gasteiger partial charge in [-0.05, 0) is 26.0 Å². The van der Waals surface area contributed by atoms with Crippen LogP contribution < -0.4 is 5.32 Å². The number of aromatic hydroxyl groups is 1. The second-order valence-electron chi connectivity index (χ2n) is 3.35. The molecule has 0 saturated heterocycles. The highest BCUT2D eigenvalue weighted by Crippen LogP contribution is 2.30. The smallest absolute Gasteiger partial charge is 0.166 e. The van der Waals surface area contributed by atoms with Crippen LogP contribution in [0.4, 0.5) is 4.39 Å². The van der Waals surface area contributed by atoms with Crippen LogP contribution in [-0.2, 0) is 0 Å². The zero-order valence-corrected chi connectivity index (χ0v) is 10.7. The first kappa shape index (κ1) is 13.0. The highest BCUT2D eigenvalue weighted by atomic mass is 79.9. The Bertz CT molecular complexity index is 437. The average molecular weight is 286 g/mol. The standard InChI is InChI=1S/C12H13BrFNO/c1-3-4-5-15-8(2)10-6-9(13)7-11(14)12(10)16/h6-8,15-16H,5H2,1-2H3. The molecule has 0 aromatic heterocycles. The fourth-order valence-corrected chi connectivity index (χ4v) is 1.77.